The largest absolute Gasteiger partial charge is 0.417 e. The van der Waals surface area contributed by atoms with Crippen molar-refractivity contribution in [1.82, 2.24) is 20.2 Å². The zero-order valence-electron chi connectivity index (χ0n) is 10.9. The Bertz CT molecular complexity index is 796. The molecule has 0 saturated heterocycles. The first-order chi connectivity index (χ1) is 10.4. The molecule has 3 aromatic rings. The van der Waals surface area contributed by atoms with E-state index in [2.05, 4.69) is 36.1 Å². The summed E-state index contributed by atoms with van der Waals surface area (Å²) in [5.41, 5.74) is 0.268. The summed E-state index contributed by atoms with van der Waals surface area (Å²) in [6, 6.07) is 9.62. The van der Waals surface area contributed by atoms with Crippen molar-refractivity contribution in [2.45, 2.75) is 6.18 Å². The zero-order chi connectivity index (χ0) is 15.7. The molecule has 0 bridgehead atoms. The van der Waals surface area contributed by atoms with Crippen LogP contribution in [0.2, 0.25) is 0 Å². The van der Waals surface area contributed by atoms with Crippen molar-refractivity contribution < 1.29 is 13.2 Å². The van der Waals surface area contributed by atoms with Crippen LogP contribution < -0.4 is 0 Å². The quantitative estimate of drug-likeness (QED) is 0.732. The number of H-pyrrole nitrogens is 1. The molecule has 2 aromatic heterocycles. The molecule has 0 spiro atoms. The van der Waals surface area contributed by atoms with Crippen LogP contribution in [0.25, 0.3) is 22.9 Å². The molecule has 0 aliphatic rings. The lowest BCUT2D eigenvalue weighted by atomic mass is 10.2. The summed E-state index contributed by atoms with van der Waals surface area (Å²) >= 11 is 3.36. The Morgan fingerprint density at radius 2 is 1.91 bits per heavy atom. The smallest absolute Gasteiger partial charge is 0.259 e. The zero-order valence-corrected chi connectivity index (χ0v) is 12.5. The van der Waals surface area contributed by atoms with Gasteiger partial charge in [-0.3, -0.25) is 10.1 Å². The minimum Gasteiger partial charge on any atom is -0.259 e. The molecular formula is C14H8BrF3N4. The molecule has 0 saturated carbocycles. The number of hydrogen-bond acceptors (Lipinski definition) is 3. The first kappa shape index (κ1) is 14.7. The van der Waals surface area contributed by atoms with Crippen LogP contribution in [0.15, 0.2) is 47.1 Å². The number of aromatic amines is 1. The second kappa shape index (κ2) is 5.53. The van der Waals surface area contributed by atoms with Gasteiger partial charge in [-0.2, -0.15) is 18.3 Å². The maximum atomic E-state index is 12.5. The minimum absolute atomic E-state index is 0.240. The molecule has 112 valence electrons. The van der Waals surface area contributed by atoms with Crippen molar-refractivity contribution >= 4 is 15.9 Å². The van der Waals surface area contributed by atoms with Crippen LogP contribution in [0.1, 0.15) is 5.56 Å². The van der Waals surface area contributed by atoms with E-state index < -0.39 is 11.7 Å². The van der Waals surface area contributed by atoms with Crippen molar-refractivity contribution in [2.75, 3.05) is 0 Å². The molecular weight excluding hydrogens is 361 g/mol. The van der Waals surface area contributed by atoms with E-state index in [0.29, 0.717) is 5.82 Å². The molecule has 0 aliphatic carbocycles. The third-order valence-electron chi connectivity index (χ3n) is 2.90. The standard InChI is InChI=1S/C14H8BrF3N4/c15-10-3-1-2-8(6-10)12-20-13(22-21-12)11-5-4-9(7-19-11)14(16,17)18/h1-7H,(H,20,21,22). The summed E-state index contributed by atoms with van der Waals surface area (Å²) in [6.45, 7) is 0. The molecule has 8 heteroatoms. The average Bonchev–Trinajstić information content (AvgIpc) is 2.96. The van der Waals surface area contributed by atoms with Crippen LogP contribution in [0.5, 0.6) is 0 Å². The third-order valence-corrected chi connectivity index (χ3v) is 3.40. The van der Waals surface area contributed by atoms with Crippen LogP contribution in [0.3, 0.4) is 0 Å². The summed E-state index contributed by atoms with van der Waals surface area (Å²) in [4.78, 5) is 8.02. The van der Waals surface area contributed by atoms with Crippen molar-refractivity contribution in [3.8, 4) is 22.9 Å². The van der Waals surface area contributed by atoms with E-state index in [4.69, 9.17) is 0 Å². The molecule has 4 nitrogen and oxygen atoms in total. The SMILES string of the molecule is FC(F)(F)c1ccc(-c2n[nH]c(-c3cccc(Br)c3)n2)nc1. The number of aromatic nitrogens is 4. The normalized spacial score (nSPS) is 11.6. The highest BCUT2D eigenvalue weighted by molar-refractivity contribution is 9.10. The maximum Gasteiger partial charge on any atom is 0.417 e. The average molecular weight is 369 g/mol. The number of alkyl halides is 3. The lowest BCUT2D eigenvalue weighted by Gasteiger charge is -2.05. The Labute approximate surface area is 131 Å². The summed E-state index contributed by atoms with van der Waals surface area (Å²) < 4.78 is 38.4. The van der Waals surface area contributed by atoms with Gasteiger partial charge in [0.05, 0.1) is 5.56 Å². The first-order valence-electron chi connectivity index (χ1n) is 6.15. The second-order valence-corrected chi connectivity index (χ2v) is 5.36. The molecule has 0 fully saturated rings. The van der Waals surface area contributed by atoms with Crippen LogP contribution in [0, 0.1) is 0 Å². The predicted octanol–water partition coefficient (Wildman–Crippen LogP) is 4.32. The van der Waals surface area contributed by atoms with Gasteiger partial charge >= 0.3 is 6.18 Å². The molecule has 1 N–H and O–H groups in total. The van der Waals surface area contributed by atoms with Crippen LogP contribution in [-0.2, 0) is 6.18 Å². The molecule has 22 heavy (non-hydrogen) atoms. The molecule has 0 aliphatic heterocycles. The van der Waals surface area contributed by atoms with Crippen LogP contribution >= 0.6 is 15.9 Å². The highest BCUT2D eigenvalue weighted by Crippen LogP contribution is 2.29. The number of rotatable bonds is 2. The molecule has 3 rings (SSSR count). The van der Waals surface area contributed by atoms with E-state index in [9.17, 15) is 13.2 Å². The molecule has 0 unspecified atom stereocenters. The van der Waals surface area contributed by atoms with Crippen molar-refractivity contribution in [1.29, 1.82) is 0 Å². The summed E-state index contributed by atoms with van der Waals surface area (Å²) in [5, 5.41) is 6.74. The van der Waals surface area contributed by atoms with E-state index in [1.54, 1.807) is 0 Å². The van der Waals surface area contributed by atoms with Gasteiger partial charge in [-0.05, 0) is 24.3 Å². The number of benzene rings is 1. The van der Waals surface area contributed by atoms with Gasteiger partial charge in [0.1, 0.15) is 5.69 Å². The van der Waals surface area contributed by atoms with Crippen LogP contribution in [-0.4, -0.2) is 20.2 Å². The number of hydrogen-bond donors (Lipinski definition) is 1. The lowest BCUT2D eigenvalue weighted by Crippen LogP contribution is -2.05. The lowest BCUT2D eigenvalue weighted by molar-refractivity contribution is -0.137. The van der Waals surface area contributed by atoms with Gasteiger partial charge < -0.3 is 0 Å². The Kier molecular flexibility index (Phi) is 3.69. The monoisotopic (exact) mass is 368 g/mol. The Balaban J connectivity index is 1.91. The Morgan fingerprint density at radius 1 is 1.09 bits per heavy atom. The van der Waals surface area contributed by atoms with Crippen molar-refractivity contribution in [3.63, 3.8) is 0 Å². The maximum absolute atomic E-state index is 12.5. The predicted molar refractivity (Wildman–Crippen MR) is 77.8 cm³/mol. The molecule has 0 radical (unpaired) electrons. The third kappa shape index (κ3) is 3.01. The van der Waals surface area contributed by atoms with Gasteiger partial charge in [-0.15, -0.1) is 0 Å². The van der Waals surface area contributed by atoms with Gasteiger partial charge in [0.2, 0.25) is 0 Å². The fraction of sp³-hybridized carbons (Fsp3) is 0.0714. The molecule has 0 atom stereocenters. The Morgan fingerprint density at radius 3 is 2.55 bits per heavy atom. The number of pyridine rings is 1. The van der Waals surface area contributed by atoms with Crippen LogP contribution in [0.4, 0.5) is 13.2 Å². The van der Waals surface area contributed by atoms with E-state index in [-0.39, 0.29) is 11.5 Å². The van der Waals surface area contributed by atoms with Gasteiger partial charge in [0, 0.05) is 16.2 Å². The van der Waals surface area contributed by atoms with Crippen molar-refractivity contribution in [2.24, 2.45) is 0 Å². The van der Waals surface area contributed by atoms with Gasteiger partial charge in [0.25, 0.3) is 0 Å². The second-order valence-electron chi connectivity index (χ2n) is 4.45. The first-order valence-corrected chi connectivity index (χ1v) is 6.95. The van der Waals surface area contributed by atoms with Gasteiger partial charge in [-0.1, -0.05) is 28.1 Å². The summed E-state index contributed by atoms with van der Waals surface area (Å²) in [6.07, 6.45) is -3.64. The number of nitrogens with zero attached hydrogens (tertiary/aromatic N) is 3. The van der Waals surface area contributed by atoms with E-state index in [1.807, 2.05) is 24.3 Å². The van der Waals surface area contributed by atoms with Gasteiger partial charge in [-0.25, -0.2) is 4.98 Å². The molecule has 2 heterocycles. The fourth-order valence-electron chi connectivity index (χ4n) is 1.84. The number of nitrogens with one attached hydrogen (secondary N) is 1. The topological polar surface area (TPSA) is 54.5 Å². The summed E-state index contributed by atoms with van der Waals surface area (Å²) in [7, 11) is 0. The fourth-order valence-corrected chi connectivity index (χ4v) is 2.23. The van der Waals surface area contributed by atoms with Gasteiger partial charge in [0.15, 0.2) is 11.6 Å². The van der Waals surface area contributed by atoms with Crippen molar-refractivity contribution in [3.05, 3.63) is 52.6 Å². The molecule has 1 aromatic carbocycles. The molecule has 0 amide bonds. The Hall–Kier alpha value is -2.22. The van der Waals surface area contributed by atoms with E-state index >= 15 is 0 Å². The minimum atomic E-state index is -4.41. The summed E-state index contributed by atoms with van der Waals surface area (Å²) in [5.74, 6) is 0.752. The van der Waals surface area contributed by atoms with E-state index in [1.165, 1.54) is 6.07 Å². The highest BCUT2D eigenvalue weighted by Gasteiger charge is 2.30. The number of halogens is 4. The highest BCUT2D eigenvalue weighted by atomic mass is 79.9. The van der Waals surface area contributed by atoms with E-state index in [0.717, 1.165) is 22.3 Å².